The van der Waals surface area contributed by atoms with Crippen molar-refractivity contribution < 1.29 is 0 Å². The Kier molecular flexibility index (Phi) is 1.50. The van der Waals surface area contributed by atoms with Crippen LogP contribution in [0.3, 0.4) is 0 Å². The van der Waals surface area contributed by atoms with Crippen molar-refractivity contribution in [2.45, 2.75) is 19.8 Å². The van der Waals surface area contributed by atoms with Gasteiger partial charge < -0.3 is 0 Å². The summed E-state index contributed by atoms with van der Waals surface area (Å²) in [6, 6.07) is 4.15. The second kappa shape index (κ2) is 2.50. The van der Waals surface area contributed by atoms with Gasteiger partial charge >= 0.3 is 0 Å². The smallest absolute Gasteiger partial charge is 0.0481 e. The van der Waals surface area contributed by atoms with Gasteiger partial charge in [0, 0.05) is 11.9 Å². The van der Waals surface area contributed by atoms with Crippen molar-refractivity contribution >= 4 is 5.57 Å². The van der Waals surface area contributed by atoms with Crippen molar-refractivity contribution in [2.75, 3.05) is 0 Å². The molecule has 0 unspecified atom stereocenters. The highest BCUT2D eigenvalue weighted by molar-refractivity contribution is 5.66. The number of fused-ring (bicyclic) bond motifs is 1. The standard InChI is InChI=1S/C10H11N/c1-8-4-2-6-10-9(8)5-3-7-11-10/h3-5,7H,2,6H2,1H3. The van der Waals surface area contributed by atoms with Gasteiger partial charge in [0.15, 0.2) is 0 Å². The number of aryl methyl sites for hydroxylation is 1. The Morgan fingerprint density at radius 1 is 1.45 bits per heavy atom. The van der Waals surface area contributed by atoms with Crippen LogP contribution < -0.4 is 0 Å². The number of nitrogens with zero attached hydrogens (tertiary/aromatic N) is 1. The number of hydrogen-bond acceptors (Lipinski definition) is 1. The highest BCUT2D eigenvalue weighted by atomic mass is 14.7. The lowest BCUT2D eigenvalue weighted by Crippen LogP contribution is -1.99. The minimum Gasteiger partial charge on any atom is -0.261 e. The fourth-order valence-electron chi connectivity index (χ4n) is 1.53. The van der Waals surface area contributed by atoms with Crippen LogP contribution in [0.4, 0.5) is 0 Å². The molecule has 1 aromatic rings. The van der Waals surface area contributed by atoms with Gasteiger partial charge in [-0.1, -0.05) is 12.1 Å². The molecule has 1 aliphatic rings. The zero-order valence-electron chi connectivity index (χ0n) is 6.67. The van der Waals surface area contributed by atoms with Gasteiger partial charge in [-0.2, -0.15) is 0 Å². The van der Waals surface area contributed by atoms with Crippen LogP contribution in [0, 0.1) is 0 Å². The first kappa shape index (κ1) is 6.59. The van der Waals surface area contributed by atoms with Gasteiger partial charge in [0.2, 0.25) is 0 Å². The number of pyridine rings is 1. The monoisotopic (exact) mass is 145 g/mol. The summed E-state index contributed by atoms with van der Waals surface area (Å²) in [5.41, 5.74) is 3.96. The third-order valence-electron chi connectivity index (χ3n) is 2.15. The van der Waals surface area contributed by atoms with Crippen molar-refractivity contribution in [3.8, 4) is 0 Å². The van der Waals surface area contributed by atoms with Crippen LogP contribution in [0.5, 0.6) is 0 Å². The molecule has 56 valence electrons. The highest BCUT2D eigenvalue weighted by Crippen LogP contribution is 2.23. The second-order valence-electron chi connectivity index (χ2n) is 2.92. The summed E-state index contributed by atoms with van der Waals surface area (Å²) in [6.07, 6.45) is 6.41. The molecule has 1 aliphatic carbocycles. The maximum atomic E-state index is 4.33. The van der Waals surface area contributed by atoms with Crippen molar-refractivity contribution in [2.24, 2.45) is 0 Å². The zero-order chi connectivity index (χ0) is 7.68. The van der Waals surface area contributed by atoms with Crippen molar-refractivity contribution in [3.05, 3.63) is 35.7 Å². The lowest BCUT2D eigenvalue weighted by atomic mass is 9.96. The largest absolute Gasteiger partial charge is 0.261 e. The topological polar surface area (TPSA) is 12.9 Å². The molecule has 0 N–H and O–H groups in total. The lowest BCUT2D eigenvalue weighted by Gasteiger charge is -2.12. The van der Waals surface area contributed by atoms with E-state index >= 15 is 0 Å². The molecule has 0 spiro atoms. The first-order valence-electron chi connectivity index (χ1n) is 3.99. The van der Waals surface area contributed by atoms with Gasteiger partial charge in [-0.3, -0.25) is 4.98 Å². The van der Waals surface area contributed by atoms with Gasteiger partial charge in [-0.05, 0) is 37.0 Å². The van der Waals surface area contributed by atoms with Crippen LogP contribution in [-0.4, -0.2) is 4.98 Å². The molecule has 0 fully saturated rings. The molecule has 11 heavy (non-hydrogen) atoms. The Bertz CT molecular complexity index is 299. The lowest BCUT2D eigenvalue weighted by molar-refractivity contribution is 0.918. The average molecular weight is 145 g/mol. The summed E-state index contributed by atoms with van der Waals surface area (Å²) >= 11 is 0. The van der Waals surface area contributed by atoms with Crippen LogP contribution >= 0.6 is 0 Å². The Labute approximate surface area is 66.8 Å². The number of allylic oxidation sites excluding steroid dienone is 2. The van der Waals surface area contributed by atoms with Gasteiger partial charge in [-0.15, -0.1) is 0 Å². The van der Waals surface area contributed by atoms with E-state index in [2.05, 4.69) is 24.1 Å². The molecule has 1 aromatic heterocycles. The number of aromatic nitrogens is 1. The molecule has 0 radical (unpaired) electrons. The molecule has 0 aliphatic heterocycles. The predicted octanol–water partition coefficient (Wildman–Crippen LogP) is 2.43. The molecule has 0 amide bonds. The Morgan fingerprint density at radius 3 is 3.18 bits per heavy atom. The highest BCUT2D eigenvalue weighted by Gasteiger charge is 2.08. The van der Waals surface area contributed by atoms with E-state index in [4.69, 9.17) is 0 Å². The Morgan fingerprint density at radius 2 is 2.36 bits per heavy atom. The fourth-order valence-corrected chi connectivity index (χ4v) is 1.53. The van der Waals surface area contributed by atoms with Gasteiger partial charge in [0.1, 0.15) is 0 Å². The maximum Gasteiger partial charge on any atom is 0.0481 e. The van der Waals surface area contributed by atoms with Crippen LogP contribution in [0.25, 0.3) is 5.57 Å². The molecule has 0 aromatic carbocycles. The average Bonchev–Trinajstić information content (AvgIpc) is 2.06. The summed E-state index contributed by atoms with van der Waals surface area (Å²) < 4.78 is 0. The van der Waals surface area contributed by atoms with E-state index in [1.165, 1.54) is 16.8 Å². The van der Waals surface area contributed by atoms with Gasteiger partial charge in [0.05, 0.1) is 0 Å². The van der Waals surface area contributed by atoms with Crippen LogP contribution in [0.1, 0.15) is 24.6 Å². The molecule has 2 rings (SSSR count). The molecule has 1 heteroatoms. The van der Waals surface area contributed by atoms with Crippen molar-refractivity contribution in [3.63, 3.8) is 0 Å². The molecule has 0 saturated carbocycles. The molecule has 0 saturated heterocycles. The summed E-state index contributed by atoms with van der Waals surface area (Å²) in [4.78, 5) is 4.33. The quantitative estimate of drug-likeness (QED) is 0.546. The number of hydrogen-bond donors (Lipinski definition) is 0. The summed E-state index contributed by atoms with van der Waals surface area (Å²) in [7, 11) is 0. The fraction of sp³-hybridized carbons (Fsp3) is 0.300. The van der Waals surface area contributed by atoms with Crippen LogP contribution in [-0.2, 0) is 6.42 Å². The van der Waals surface area contributed by atoms with Crippen molar-refractivity contribution in [1.29, 1.82) is 0 Å². The van der Waals surface area contributed by atoms with E-state index in [-0.39, 0.29) is 0 Å². The SMILES string of the molecule is CC1=CCCc2ncccc21. The van der Waals surface area contributed by atoms with E-state index in [0.29, 0.717) is 0 Å². The molecular formula is C10H11N. The molecule has 1 heterocycles. The summed E-state index contributed by atoms with van der Waals surface area (Å²) in [5.74, 6) is 0. The number of rotatable bonds is 0. The third kappa shape index (κ3) is 1.07. The van der Waals surface area contributed by atoms with Gasteiger partial charge in [-0.25, -0.2) is 0 Å². The van der Waals surface area contributed by atoms with E-state index in [1.54, 1.807) is 0 Å². The van der Waals surface area contributed by atoms with Crippen LogP contribution in [0.15, 0.2) is 24.4 Å². The molecule has 0 atom stereocenters. The van der Waals surface area contributed by atoms with E-state index < -0.39 is 0 Å². The summed E-state index contributed by atoms with van der Waals surface area (Å²) in [5, 5.41) is 0. The van der Waals surface area contributed by atoms with Crippen molar-refractivity contribution in [1.82, 2.24) is 4.98 Å². The molecule has 0 bridgehead atoms. The Balaban J connectivity index is 2.56. The molecular weight excluding hydrogens is 134 g/mol. The minimum absolute atomic E-state index is 1.10. The van der Waals surface area contributed by atoms with E-state index in [0.717, 1.165) is 12.8 Å². The Hall–Kier alpha value is -1.11. The summed E-state index contributed by atoms with van der Waals surface area (Å²) in [6.45, 7) is 2.15. The minimum atomic E-state index is 1.10. The zero-order valence-corrected chi connectivity index (χ0v) is 6.67. The molecule has 1 nitrogen and oxygen atoms in total. The first-order chi connectivity index (χ1) is 5.38. The third-order valence-corrected chi connectivity index (χ3v) is 2.15. The van der Waals surface area contributed by atoms with Gasteiger partial charge in [0.25, 0.3) is 0 Å². The first-order valence-corrected chi connectivity index (χ1v) is 3.99. The maximum absolute atomic E-state index is 4.33. The van der Waals surface area contributed by atoms with E-state index in [9.17, 15) is 0 Å². The predicted molar refractivity (Wildman–Crippen MR) is 46.2 cm³/mol. The van der Waals surface area contributed by atoms with Crippen LogP contribution in [0.2, 0.25) is 0 Å². The van der Waals surface area contributed by atoms with E-state index in [1.807, 2.05) is 12.3 Å². The normalized spacial score (nSPS) is 15.5. The second-order valence-corrected chi connectivity index (χ2v) is 2.92.